The number of benzene rings is 2. The molecule has 3 N–H and O–H groups in total. The average molecular weight is 318 g/mol. The second-order valence-corrected chi connectivity index (χ2v) is 4.95. The molecule has 0 unspecified atom stereocenters. The highest BCUT2D eigenvalue weighted by molar-refractivity contribution is 6.39. The van der Waals surface area contributed by atoms with Gasteiger partial charge in [-0.3, -0.25) is 4.79 Å². The monoisotopic (exact) mass is 317 g/mol. The van der Waals surface area contributed by atoms with Crippen molar-refractivity contribution in [1.29, 1.82) is 0 Å². The number of para-hydroxylation sites is 1. The van der Waals surface area contributed by atoms with E-state index in [0.29, 0.717) is 16.9 Å². The number of carboxylic acids is 1. The molecular weight excluding hydrogens is 307 g/mol. The number of carbonyl (C=O) groups is 1. The van der Waals surface area contributed by atoms with Gasteiger partial charge < -0.3 is 15.5 Å². The Morgan fingerprint density at radius 3 is 2.35 bits per heavy atom. The van der Waals surface area contributed by atoms with Gasteiger partial charge in [0.25, 0.3) is 0 Å². The van der Waals surface area contributed by atoms with Crippen LogP contribution in [0.3, 0.4) is 0 Å². The number of phenolic OH excluding ortho intramolecular Hbond substituents is 1. The van der Waals surface area contributed by atoms with Crippen LogP contribution in [-0.4, -0.2) is 16.2 Å². The van der Waals surface area contributed by atoms with E-state index in [1.54, 1.807) is 24.3 Å². The van der Waals surface area contributed by atoms with Crippen molar-refractivity contribution in [1.82, 2.24) is 0 Å². The van der Waals surface area contributed by atoms with Gasteiger partial charge in [0.15, 0.2) is 0 Å². The third-order valence-corrected chi connectivity index (χ3v) is 3.24. The number of phenols is 1. The summed E-state index contributed by atoms with van der Waals surface area (Å²) >= 11 is 12.0. The number of halogens is 2. The zero-order valence-electron chi connectivity index (χ0n) is 10.2. The lowest BCUT2D eigenvalue weighted by atomic mass is 10.1. The fourth-order valence-electron chi connectivity index (χ4n) is 1.77. The second kappa shape index (κ2) is 6.03. The first-order valence-corrected chi connectivity index (χ1v) is 6.47. The Labute approximate surface area is 125 Å². The first kappa shape index (κ1) is 14.5. The van der Waals surface area contributed by atoms with Crippen molar-refractivity contribution in [2.24, 2.45) is 0 Å². The van der Waals surface area contributed by atoms with E-state index >= 15 is 0 Å². The van der Waals surface area contributed by atoms with Gasteiger partial charge in [0.05, 0.1) is 22.2 Å². The third-order valence-electron chi connectivity index (χ3n) is 2.65. The van der Waals surface area contributed by atoms with Crippen molar-refractivity contribution in [2.45, 2.75) is 6.42 Å². The highest BCUT2D eigenvalue weighted by Crippen LogP contribution is 2.36. The Morgan fingerprint density at radius 1 is 1.15 bits per heavy atom. The molecule has 0 fully saturated rings. The Kier molecular flexibility index (Phi) is 4.37. The molecule has 0 bridgehead atoms. The van der Waals surface area contributed by atoms with Gasteiger partial charge in [-0.2, -0.15) is 0 Å². The molecule has 0 aromatic heterocycles. The van der Waals surface area contributed by atoms with Crippen molar-refractivity contribution >= 4 is 40.5 Å². The maximum atomic E-state index is 10.8. The van der Waals surface area contributed by atoms with Crippen molar-refractivity contribution < 1.29 is 15.0 Å². The van der Waals surface area contributed by atoms with Crippen molar-refractivity contribution in [3.8, 4) is 5.75 Å². The summed E-state index contributed by atoms with van der Waals surface area (Å²) in [6, 6.07) is 9.68. The molecule has 0 radical (unpaired) electrons. The van der Waals surface area contributed by atoms with Crippen LogP contribution in [0.2, 0.25) is 10.0 Å². The summed E-state index contributed by atoms with van der Waals surface area (Å²) < 4.78 is 0. The van der Waals surface area contributed by atoms with Gasteiger partial charge in [-0.25, -0.2) is 0 Å². The summed E-state index contributed by atoms with van der Waals surface area (Å²) in [6.45, 7) is 0. The lowest BCUT2D eigenvalue weighted by Crippen LogP contribution is -2.04. The molecule has 0 aliphatic carbocycles. The number of nitrogens with one attached hydrogen (secondary N) is 1. The van der Waals surface area contributed by atoms with E-state index in [4.69, 9.17) is 28.3 Å². The third kappa shape index (κ3) is 3.35. The quantitative estimate of drug-likeness (QED) is 0.743. The Bertz CT molecular complexity index is 636. The number of aliphatic carboxylic acids is 1. The predicted molar refractivity (Wildman–Crippen MR) is 79.2 cm³/mol. The van der Waals surface area contributed by atoms with E-state index in [9.17, 15) is 9.90 Å². The normalized spacial score (nSPS) is 10.3. The summed E-state index contributed by atoms with van der Waals surface area (Å²) in [6.07, 6.45) is -0.115. The molecule has 0 spiro atoms. The molecule has 0 heterocycles. The summed E-state index contributed by atoms with van der Waals surface area (Å²) in [5.41, 5.74) is 1.63. The topological polar surface area (TPSA) is 69.6 Å². The SMILES string of the molecule is O=C(O)Cc1ccccc1N[13c]1[13c](Cl)[13cH][13c](O)[13cH][13c]1Cl. The standard InChI is InChI=1S/C14H11Cl2NO3/c15-10-6-9(18)7-11(16)14(10)17-12-4-2-1-3-8(12)5-13(19)20/h1-4,6-7,17-18H,5H2,(H,19,20)/i6+1,7+1,9+1,10+1,11+1,14+1. The van der Waals surface area contributed by atoms with Crippen LogP contribution >= 0.6 is 23.2 Å². The molecule has 20 heavy (non-hydrogen) atoms. The van der Waals surface area contributed by atoms with Gasteiger partial charge in [-0.1, -0.05) is 41.4 Å². The van der Waals surface area contributed by atoms with E-state index in [-0.39, 0.29) is 22.2 Å². The van der Waals surface area contributed by atoms with Crippen LogP contribution < -0.4 is 5.32 Å². The Balaban J connectivity index is 2.38. The number of aromatic hydroxyl groups is 1. The van der Waals surface area contributed by atoms with E-state index in [2.05, 4.69) is 5.32 Å². The fraction of sp³-hybridized carbons (Fsp3) is 0.0714. The number of hydrogen-bond acceptors (Lipinski definition) is 3. The van der Waals surface area contributed by atoms with Crippen molar-refractivity contribution in [2.75, 3.05) is 5.32 Å². The van der Waals surface area contributed by atoms with Gasteiger partial charge in [0.1, 0.15) is 5.75 Å². The molecule has 104 valence electrons. The van der Waals surface area contributed by atoms with Crippen LogP contribution in [0.25, 0.3) is 0 Å². The molecule has 0 aliphatic rings. The molecule has 2 rings (SSSR count). The fourth-order valence-corrected chi connectivity index (χ4v) is 2.34. The molecule has 0 saturated heterocycles. The number of carboxylic acid groups (broad SMARTS) is 1. The lowest BCUT2D eigenvalue weighted by molar-refractivity contribution is -0.136. The first-order chi connectivity index (χ1) is 9.47. The number of hydrogen-bond donors (Lipinski definition) is 3. The highest BCUT2D eigenvalue weighted by atomic mass is 35.5. The lowest BCUT2D eigenvalue weighted by Gasteiger charge is -2.14. The molecule has 0 atom stereocenters. The van der Waals surface area contributed by atoms with Gasteiger partial charge in [0.2, 0.25) is 0 Å². The molecule has 0 aliphatic heterocycles. The maximum Gasteiger partial charge on any atom is 0.307 e. The van der Waals surface area contributed by atoms with E-state index in [1.165, 1.54) is 12.1 Å². The summed E-state index contributed by atoms with van der Waals surface area (Å²) in [4.78, 5) is 10.8. The zero-order chi connectivity index (χ0) is 14.7. The molecule has 2 aromatic carbocycles. The summed E-state index contributed by atoms with van der Waals surface area (Å²) in [5.74, 6) is -0.966. The first-order valence-electron chi connectivity index (χ1n) is 5.72. The van der Waals surface area contributed by atoms with E-state index in [0.717, 1.165) is 0 Å². The molecular formula is C14H11Cl2NO3. The van der Waals surface area contributed by atoms with Gasteiger partial charge >= 0.3 is 5.97 Å². The van der Waals surface area contributed by atoms with Crippen molar-refractivity contribution in [3.63, 3.8) is 0 Å². The van der Waals surface area contributed by atoms with Crippen LogP contribution in [0, 0.1) is 0 Å². The van der Waals surface area contributed by atoms with Crippen LogP contribution in [-0.2, 0) is 11.2 Å². The van der Waals surface area contributed by atoms with Gasteiger partial charge in [-0.05, 0) is 11.6 Å². The highest BCUT2D eigenvalue weighted by Gasteiger charge is 2.11. The van der Waals surface area contributed by atoms with Gasteiger partial charge in [0, 0.05) is 17.8 Å². The number of anilines is 2. The zero-order valence-corrected chi connectivity index (χ0v) is 11.7. The minimum Gasteiger partial charge on any atom is -0.508 e. The van der Waals surface area contributed by atoms with E-state index < -0.39 is 5.97 Å². The van der Waals surface area contributed by atoms with Crippen molar-refractivity contribution in [3.05, 3.63) is 52.0 Å². The molecule has 4 nitrogen and oxygen atoms in total. The van der Waals surface area contributed by atoms with E-state index in [1.807, 2.05) is 0 Å². The predicted octanol–water partition coefficient (Wildman–Crippen LogP) is 4.07. The smallest absolute Gasteiger partial charge is 0.307 e. The average Bonchev–Trinajstić information content (AvgIpc) is 2.34. The molecule has 0 amide bonds. The van der Waals surface area contributed by atoms with Crippen LogP contribution in [0.4, 0.5) is 11.4 Å². The summed E-state index contributed by atoms with van der Waals surface area (Å²) in [5, 5.41) is 21.8. The summed E-state index contributed by atoms with van der Waals surface area (Å²) in [7, 11) is 0. The maximum absolute atomic E-state index is 10.8. The second-order valence-electron chi connectivity index (χ2n) is 4.14. The van der Waals surface area contributed by atoms with Crippen LogP contribution in [0.15, 0.2) is 36.4 Å². The minimum atomic E-state index is -0.929. The largest absolute Gasteiger partial charge is 0.508 e. The molecule has 6 heteroatoms. The van der Waals surface area contributed by atoms with Crippen LogP contribution in [0.5, 0.6) is 5.75 Å². The van der Waals surface area contributed by atoms with Gasteiger partial charge in [-0.15, -0.1) is 0 Å². The van der Waals surface area contributed by atoms with Crippen LogP contribution in [0.1, 0.15) is 5.56 Å². The molecule has 0 saturated carbocycles. The number of rotatable bonds is 4. The molecule has 2 aromatic rings. The minimum absolute atomic E-state index is 0.0376. The Hall–Kier alpha value is -1.91. The Morgan fingerprint density at radius 2 is 1.75 bits per heavy atom.